The number of piperidine rings is 1. The molecule has 0 radical (unpaired) electrons. The maximum absolute atomic E-state index is 11.3. The number of carbonyl (C=O) groups is 1. The number of ether oxygens (including phenoxy) is 1. The molecule has 1 aromatic heterocycles. The van der Waals surface area contributed by atoms with Crippen LogP contribution in [0.1, 0.15) is 47.5 Å². The van der Waals surface area contributed by atoms with Gasteiger partial charge in [-0.2, -0.15) is 0 Å². The fraction of sp³-hybridized carbons (Fsp3) is 0.733. The SMILES string of the molecule is COCc1nc(N2CCC3CCCCC3C2)sc1C(=O)O. The Morgan fingerprint density at radius 1 is 1.38 bits per heavy atom. The van der Waals surface area contributed by atoms with Gasteiger partial charge in [0, 0.05) is 20.2 Å². The molecule has 2 fully saturated rings. The second-order valence-electron chi connectivity index (χ2n) is 6.05. The summed E-state index contributed by atoms with van der Waals surface area (Å²) in [7, 11) is 1.57. The van der Waals surface area contributed by atoms with Crippen molar-refractivity contribution in [1.29, 1.82) is 0 Å². The minimum Gasteiger partial charge on any atom is -0.477 e. The molecule has 116 valence electrons. The van der Waals surface area contributed by atoms with E-state index in [0.717, 1.165) is 30.1 Å². The lowest BCUT2D eigenvalue weighted by Crippen LogP contribution is -2.41. The van der Waals surface area contributed by atoms with Gasteiger partial charge in [-0.05, 0) is 24.7 Å². The van der Waals surface area contributed by atoms with E-state index in [1.165, 1.54) is 43.4 Å². The predicted molar refractivity (Wildman–Crippen MR) is 82.1 cm³/mol. The molecular weight excluding hydrogens is 288 g/mol. The van der Waals surface area contributed by atoms with Crippen molar-refractivity contribution < 1.29 is 14.6 Å². The van der Waals surface area contributed by atoms with Gasteiger partial charge >= 0.3 is 5.97 Å². The van der Waals surface area contributed by atoms with Crippen LogP contribution in [0.4, 0.5) is 5.13 Å². The third kappa shape index (κ3) is 3.06. The van der Waals surface area contributed by atoms with E-state index < -0.39 is 5.97 Å². The zero-order valence-electron chi connectivity index (χ0n) is 12.4. The zero-order valence-corrected chi connectivity index (χ0v) is 13.2. The number of hydrogen-bond acceptors (Lipinski definition) is 5. The summed E-state index contributed by atoms with van der Waals surface area (Å²) in [6, 6.07) is 0. The van der Waals surface area contributed by atoms with E-state index in [1.54, 1.807) is 7.11 Å². The van der Waals surface area contributed by atoms with Crippen LogP contribution < -0.4 is 4.90 Å². The van der Waals surface area contributed by atoms with Gasteiger partial charge in [-0.1, -0.05) is 30.6 Å². The molecule has 0 aromatic carbocycles. The maximum atomic E-state index is 11.3. The van der Waals surface area contributed by atoms with Gasteiger partial charge in [0.1, 0.15) is 4.88 Å². The zero-order chi connectivity index (χ0) is 14.8. The average Bonchev–Trinajstić information content (AvgIpc) is 2.91. The van der Waals surface area contributed by atoms with Gasteiger partial charge in [0.05, 0.1) is 12.3 Å². The summed E-state index contributed by atoms with van der Waals surface area (Å²) in [5, 5.41) is 10.1. The van der Waals surface area contributed by atoms with E-state index in [0.29, 0.717) is 10.6 Å². The van der Waals surface area contributed by atoms with Crippen LogP contribution in [-0.4, -0.2) is 36.3 Å². The summed E-state index contributed by atoms with van der Waals surface area (Å²) in [5.74, 6) is 0.723. The van der Waals surface area contributed by atoms with Gasteiger partial charge in [0.2, 0.25) is 0 Å². The number of thiazole rings is 1. The molecule has 2 aliphatic rings. The largest absolute Gasteiger partial charge is 0.477 e. The minimum atomic E-state index is -0.904. The normalized spacial score (nSPS) is 25.7. The predicted octanol–water partition coefficient (Wildman–Crippen LogP) is 3.00. The van der Waals surface area contributed by atoms with Crippen LogP contribution in [0.3, 0.4) is 0 Å². The fourth-order valence-corrected chi connectivity index (χ4v) is 4.59. The molecule has 2 unspecified atom stereocenters. The molecule has 21 heavy (non-hydrogen) atoms. The Balaban J connectivity index is 1.77. The van der Waals surface area contributed by atoms with Crippen LogP contribution in [0.25, 0.3) is 0 Å². The lowest BCUT2D eigenvalue weighted by molar-refractivity contribution is 0.0697. The minimum absolute atomic E-state index is 0.262. The van der Waals surface area contributed by atoms with Crippen molar-refractivity contribution in [3.63, 3.8) is 0 Å². The van der Waals surface area contributed by atoms with Crippen LogP contribution >= 0.6 is 11.3 Å². The topological polar surface area (TPSA) is 62.7 Å². The van der Waals surface area contributed by atoms with Crippen molar-refractivity contribution in [3.05, 3.63) is 10.6 Å². The second-order valence-corrected chi connectivity index (χ2v) is 7.03. The molecule has 1 aliphatic heterocycles. The van der Waals surface area contributed by atoms with E-state index in [2.05, 4.69) is 9.88 Å². The molecule has 1 saturated carbocycles. The monoisotopic (exact) mass is 310 g/mol. The molecule has 1 saturated heterocycles. The van der Waals surface area contributed by atoms with Crippen molar-refractivity contribution in [1.82, 2.24) is 4.98 Å². The second kappa shape index (κ2) is 6.32. The van der Waals surface area contributed by atoms with Gasteiger partial charge in [-0.3, -0.25) is 0 Å². The number of methoxy groups -OCH3 is 1. The molecule has 0 spiro atoms. The number of carboxylic acids is 1. The van der Waals surface area contributed by atoms with E-state index in [1.807, 2.05) is 0 Å². The van der Waals surface area contributed by atoms with Gasteiger partial charge in [-0.25, -0.2) is 9.78 Å². The number of anilines is 1. The molecule has 1 aliphatic carbocycles. The van der Waals surface area contributed by atoms with Crippen molar-refractivity contribution in [2.75, 3.05) is 25.1 Å². The molecule has 3 rings (SSSR count). The van der Waals surface area contributed by atoms with Crippen LogP contribution in [0, 0.1) is 11.8 Å². The first-order valence-electron chi connectivity index (χ1n) is 7.66. The summed E-state index contributed by atoms with van der Waals surface area (Å²) in [6.07, 6.45) is 6.60. The Hall–Kier alpha value is -1.14. The number of fused-ring (bicyclic) bond motifs is 1. The highest BCUT2D eigenvalue weighted by molar-refractivity contribution is 7.17. The van der Waals surface area contributed by atoms with Gasteiger partial charge in [0.25, 0.3) is 0 Å². The Morgan fingerprint density at radius 3 is 2.86 bits per heavy atom. The number of nitrogens with zero attached hydrogens (tertiary/aromatic N) is 2. The van der Waals surface area contributed by atoms with Crippen LogP contribution in [-0.2, 0) is 11.3 Å². The third-order valence-electron chi connectivity index (χ3n) is 4.72. The average molecular weight is 310 g/mol. The first-order valence-corrected chi connectivity index (χ1v) is 8.47. The molecular formula is C15H22N2O3S. The number of rotatable bonds is 4. The van der Waals surface area contributed by atoms with Crippen LogP contribution in [0.5, 0.6) is 0 Å². The molecule has 1 aromatic rings. The van der Waals surface area contributed by atoms with Crippen molar-refractivity contribution in [2.45, 2.75) is 38.7 Å². The van der Waals surface area contributed by atoms with Gasteiger partial charge in [-0.15, -0.1) is 0 Å². The molecule has 0 amide bonds. The molecule has 6 heteroatoms. The Kier molecular flexibility index (Phi) is 4.45. The smallest absolute Gasteiger partial charge is 0.347 e. The summed E-state index contributed by atoms with van der Waals surface area (Å²) < 4.78 is 5.07. The highest BCUT2D eigenvalue weighted by Crippen LogP contribution is 2.38. The highest BCUT2D eigenvalue weighted by atomic mass is 32.1. The highest BCUT2D eigenvalue weighted by Gasteiger charge is 2.32. The summed E-state index contributed by atoms with van der Waals surface area (Å²) in [6.45, 7) is 2.29. The lowest BCUT2D eigenvalue weighted by atomic mass is 9.75. The van der Waals surface area contributed by atoms with Gasteiger partial charge in [0.15, 0.2) is 5.13 Å². The summed E-state index contributed by atoms with van der Waals surface area (Å²) >= 11 is 1.29. The first kappa shape index (κ1) is 14.8. The van der Waals surface area contributed by atoms with Crippen molar-refractivity contribution in [3.8, 4) is 0 Å². The quantitative estimate of drug-likeness (QED) is 0.926. The van der Waals surface area contributed by atoms with E-state index in [9.17, 15) is 9.90 Å². The molecule has 2 heterocycles. The molecule has 2 atom stereocenters. The number of aromatic nitrogens is 1. The number of aromatic carboxylic acids is 1. The Morgan fingerprint density at radius 2 is 2.14 bits per heavy atom. The van der Waals surface area contributed by atoms with Crippen molar-refractivity contribution >= 4 is 22.4 Å². The molecule has 5 nitrogen and oxygen atoms in total. The molecule has 1 N–H and O–H groups in total. The maximum Gasteiger partial charge on any atom is 0.347 e. The van der Waals surface area contributed by atoms with Crippen molar-refractivity contribution in [2.24, 2.45) is 11.8 Å². The van der Waals surface area contributed by atoms with Crippen LogP contribution in [0.2, 0.25) is 0 Å². The van der Waals surface area contributed by atoms with E-state index in [4.69, 9.17) is 4.74 Å². The lowest BCUT2D eigenvalue weighted by Gasteiger charge is -2.41. The van der Waals surface area contributed by atoms with Gasteiger partial charge < -0.3 is 14.7 Å². The standard InChI is InChI=1S/C15H22N2O3S/c1-20-9-12-13(14(18)19)21-15(16-12)17-7-6-10-4-2-3-5-11(10)8-17/h10-11H,2-9H2,1H3,(H,18,19). The number of hydrogen-bond donors (Lipinski definition) is 1. The van der Waals surface area contributed by atoms with E-state index in [-0.39, 0.29) is 6.61 Å². The summed E-state index contributed by atoms with van der Waals surface area (Å²) in [5.41, 5.74) is 0.552. The van der Waals surface area contributed by atoms with Crippen LogP contribution in [0.15, 0.2) is 0 Å². The third-order valence-corrected chi connectivity index (χ3v) is 5.87. The molecule has 0 bridgehead atoms. The number of carboxylic acid groups (broad SMARTS) is 1. The summed E-state index contributed by atoms with van der Waals surface area (Å²) in [4.78, 5) is 18.4. The van der Waals surface area contributed by atoms with E-state index >= 15 is 0 Å². The fourth-order valence-electron chi connectivity index (χ4n) is 3.65. The Labute approximate surface area is 128 Å². The first-order chi connectivity index (χ1) is 10.2. The Bertz CT molecular complexity index is 517.